The number of aryl methyl sites for hydroxylation is 1. The van der Waals surface area contributed by atoms with Gasteiger partial charge in [-0.15, -0.1) is 0 Å². The van der Waals surface area contributed by atoms with Gasteiger partial charge in [0.1, 0.15) is 0 Å². The third-order valence-corrected chi connectivity index (χ3v) is 2.93. The average Bonchev–Trinajstić information content (AvgIpc) is 2.26. The van der Waals surface area contributed by atoms with Crippen LogP contribution in [0.4, 0.5) is 0 Å². The van der Waals surface area contributed by atoms with Crippen molar-refractivity contribution in [3.05, 3.63) is 34.9 Å². The third kappa shape index (κ3) is 2.80. The molecule has 0 saturated heterocycles. The Labute approximate surface area is 91.4 Å². The molecule has 2 N–H and O–H groups in total. The monoisotopic (exact) mass is 205 g/mol. The number of rotatable bonds is 3. The van der Waals surface area contributed by atoms with E-state index in [2.05, 4.69) is 25.1 Å². The lowest BCUT2D eigenvalue weighted by Gasteiger charge is -2.17. The molecule has 2 heteroatoms. The first-order chi connectivity index (χ1) is 7.25. The van der Waals surface area contributed by atoms with Crippen molar-refractivity contribution in [1.29, 1.82) is 0 Å². The zero-order chi connectivity index (χ0) is 10.7. The maximum absolute atomic E-state index is 5.76. The van der Waals surface area contributed by atoms with Crippen molar-refractivity contribution in [2.75, 3.05) is 6.61 Å². The molecule has 1 aromatic carbocycles. The lowest BCUT2D eigenvalue weighted by molar-refractivity contribution is 0.110. The fraction of sp³-hybridized carbons (Fsp3) is 0.538. The van der Waals surface area contributed by atoms with Crippen molar-refractivity contribution >= 4 is 0 Å². The molecule has 15 heavy (non-hydrogen) atoms. The summed E-state index contributed by atoms with van der Waals surface area (Å²) in [6.45, 7) is 3.71. The summed E-state index contributed by atoms with van der Waals surface area (Å²) in [6, 6.07) is 7.02. The van der Waals surface area contributed by atoms with Crippen LogP contribution in [0.25, 0.3) is 0 Å². The molecule has 0 spiro atoms. The molecule has 1 aromatic rings. The van der Waals surface area contributed by atoms with Crippen LogP contribution in [0.1, 0.15) is 30.0 Å². The number of hydrogen-bond donors (Lipinski definition) is 1. The van der Waals surface area contributed by atoms with E-state index in [0.29, 0.717) is 6.04 Å². The van der Waals surface area contributed by atoms with E-state index in [0.717, 1.165) is 32.5 Å². The lowest BCUT2D eigenvalue weighted by Crippen LogP contribution is -2.15. The van der Waals surface area contributed by atoms with Gasteiger partial charge in [0.05, 0.1) is 13.2 Å². The smallest absolute Gasteiger partial charge is 0.0719 e. The molecule has 0 unspecified atom stereocenters. The predicted molar refractivity (Wildman–Crippen MR) is 61.8 cm³/mol. The standard InChI is InChI=1S/C13H19NO/c1-10(14)2-3-11-4-5-13-9-15-7-6-12(13)8-11/h4-5,8,10H,2-3,6-7,9,14H2,1H3/t10-/m1/s1. The van der Waals surface area contributed by atoms with Crippen LogP contribution in [0.2, 0.25) is 0 Å². The normalized spacial score (nSPS) is 17.2. The summed E-state index contributed by atoms with van der Waals surface area (Å²) in [4.78, 5) is 0. The lowest BCUT2D eigenvalue weighted by atomic mass is 9.97. The van der Waals surface area contributed by atoms with Crippen molar-refractivity contribution in [2.45, 2.75) is 38.8 Å². The second-order valence-corrected chi connectivity index (χ2v) is 4.42. The second kappa shape index (κ2) is 4.77. The fourth-order valence-corrected chi connectivity index (χ4v) is 1.97. The van der Waals surface area contributed by atoms with E-state index in [1.54, 1.807) is 0 Å². The molecule has 2 rings (SSSR count). The Balaban J connectivity index is 2.07. The Morgan fingerprint density at radius 3 is 3.07 bits per heavy atom. The van der Waals surface area contributed by atoms with Crippen molar-refractivity contribution in [3.63, 3.8) is 0 Å². The molecule has 0 radical (unpaired) electrons. The van der Waals surface area contributed by atoms with Gasteiger partial charge < -0.3 is 10.5 Å². The molecule has 0 aromatic heterocycles. The highest BCUT2D eigenvalue weighted by molar-refractivity contribution is 5.33. The number of hydrogen-bond acceptors (Lipinski definition) is 2. The zero-order valence-corrected chi connectivity index (χ0v) is 9.33. The minimum Gasteiger partial charge on any atom is -0.376 e. The molecule has 2 nitrogen and oxygen atoms in total. The van der Waals surface area contributed by atoms with Gasteiger partial charge in [-0.2, -0.15) is 0 Å². The molecule has 0 fully saturated rings. The molecular weight excluding hydrogens is 186 g/mol. The number of nitrogens with two attached hydrogens (primary N) is 1. The van der Waals surface area contributed by atoms with Crippen LogP contribution < -0.4 is 5.73 Å². The molecule has 0 aliphatic carbocycles. The van der Waals surface area contributed by atoms with Crippen molar-refractivity contribution in [3.8, 4) is 0 Å². The molecule has 0 amide bonds. The number of ether oxygens (including phenoxy) is 1. The SMILES string of the molecule is C[C@@H](N)CCc1ccc2c(c1)CCOC2. The molecule has 0 saturated carbocycles. The minimum absolute atomic E-state index is 0.296. The molecule has 1 atom stereocenters. The summed E-state index contributed by atoms with van der Waals surface area (Å²) in [7, 11) is 0. The summed E-state index contributed by atoms with van der Waals surface area (Å²) in [5.74, 6) is 0. The summed E-state index contributed by atoms with van der Waals surface area (Å²) in [6.07, 6.45) is 3.21. The van der Waals surface area contributed by atoms with E-state index in [9.17, 15) is 0 Å². The first-order valence-corrected chi connectivity index (χ1v) is 5.69. The summed E-state index contributed by atoms with van der Waals surface area (Å²) in [5, 5.41) is 0. The van der Waals surface area contributed by atoms with Crippen LogP contribution in [0, 0.1) is 0 Å². The van der Waals surface area contributed by atoms with Gasteiger partial charge >= 0.3 is 0 Å². The Bertz CT molecular complexity index is 333. The Hall–Kier alpha value is -0.860. The van der Waals surface area contributed by atoms with E-state index >= 15 is 0 Å². The summed E-state index contributed by atoms with van der Waals surface area (Å²) in [5.41, 5.74) is 9.98. The largest absolute Gasteiger partial charge is 0.376 e. The number of fused-ring (bicyclic) bond motifs is 1. The highest BCUT2D eigenvalue weighted by Crippen LogP contribution is 2.19. The first kappa shape index (κ1) is 10.7. The highest BCUT2D eigenvalue weighted by atomic mass is 16.5. The highest BCUT2D eigenvalue weighted by Gasteiger charge is 2.09. The van der Waals surface area contributed by atoms with Crippen LogP contribution in [0.5, 0.6) is 0 Å². The van der Waals surface area contributed by atoms with Gasteiger partial charge in [-0.05, 0) is 42.9 Å². The second-order valence-electron chi connectivity index (χ2n) is 4.42. The van der Waals surface area contributed by atoms with E-state index in [1.807, 2.05) is 0 Å². The average molecular weight is 205 g/mol. The van der Waals surface area contributed by atoms with E-state index in [4.69, 9.17) is 10.5 Å². The van der Waals surface area contributed by atoms with Gasteiger partial charge in [-0.1, -0.05) is 18.2 Å². The molecule has 0 bridgehead atoms. The van der Waals surface area contributed by atoms with Gasteiger partial charge in [0.2, 0.25) is 0 Å². The van der Waals surface area contributed by atoms with E-state index < -0.39 is 0 Å². The van der Waals surface area contributed by atoms with Gasteiger partial charge in [-0.25, -0.2) is 0 Å². The minimum atomic E-state index is 0.296. The molecule has 82 valence electrons. The van der Waals surface area contributed by atoms with E-state index in [1.165, 1.54) is 16.7 Å². The quantitative estimate of drug-likeness (QED) is 0.819. The molecular formula is C13H19NO. The number of benzene rings is 1. The van der Waals surface area contributed by atoms with Crippen molar-refractivity contribution < 1.29 is 4.74 Å². The van der Waals surface area contributed by atoms with Crippen LogP contribution in [0.15, 0.2) is 18.2 Å². The van der Waals surface area contributed by atoms with Crippen molar-refractivity contribution in [1.82, 2.24) is 0 Å². The molecule has 1 heterocycles. The summed E-state index contributed by atoms with van der Waals surface area (Å²) >= 11 is 0. The Morgan fingerprint density at radius 1 is 1.40 bits per heavy atom. The van der Waals surface area contributed by atoms with Gasteiger partial charge in [0, 0.05) is 6.04 Å². The van der Waals surface area contributed by atoms with Crippen LogP contribution >= 0.6 is 0 Å². The Kier molecular flexibility index (Phi) is 3.39. The molecule has 1 aliphatic rings. The van der Waals surface area contributed by atoms with Crippen LogP contribution in [0.3, 0.4) is 0 Å². The predicted octanol–water partition coefficient (Wildman–Crippen LogP) is 2.04. The molecule has 1 aliphatic heterocycles. The third-order valence-electron chi connectivity index (χ3n) is 2.93. The topological polar surface area (TPSA) is 35.2 Å². The van der Waals surface area contributed by atoms with Crippen molar-refractivity contribution in [2.24, 2.45) is 5.73 Å². The van der Waals surface area contributed by atoms with Crippen LogP contribution in [-0.4, -0.2) is 12.6 Å². The Morgan fingerprint density at radius 2 is 2.27 bits per heavy atom. The van der Waals surface area contributed by atoms with Gasteiger partial charge in [0.25, 0.3) is 0 Å². The van der Waals surface area contributed by atoms with Crippen LogP contribution in [-0.2, 0) is 24.2 Å². The van der Waals surface area contributed by atoms with Gasteiger partial charge in [-0.3, -0.25) is 0 Å². The first-order valence-electron chi connectivity index (χ1n) is 5.69. The fourth-order valence-electron chi connectivity index (χ4n) is 1.97. The maximum Gasteiger partial charge on any atom is 0.0719 e. The maximum atomic E-state index is 5.76. The van der Waals surface area contributed by atoms with Gasteiger partial charge in [0.15, 0.2) is 0 Å². The zero-order valence-electron chi connectivity index (χ0n) is 9.33. The van der Waals surface area contributed by atoms with E-state index in [-0.39, 0.29) is 0 Å². The summed E-state index contributed by atoms with van der Waals surface area (Å²) < 4.78 is 5.41.